The van der Waals surface area contributed by atoms with Gasteiger partial charge in [0.1, 0.15) is 0 Å². The van der Waals surface area contributed by atoms with Crippen molar-refractivity contribution in [3.05, 3.63) is 0 Å². The van der Waals surface area contributed by atoms with E-state index < -0.39 is 29.6 Å². The van der Waals surface area contributed by atoms with Gasteiger partial charge in [-0.15, -0.1) is 0 Å². The first-order valence-corrected chi connectivity index (χ1v) is 5.91. The van der Waals surface area contributed by atoms with Crippen molar-refractivity contribution in [2.24, 2.45) is 11.8 Å². The van der Waals surface area contributed by atoms with E-state index >= 15 is 0 Å². The second kappa shape index (κ2) is 2.38. The first kappa shape index (κ1) is 9.24. The van der Waals surface area contributed by atoms with Gasteiger partial charge in [0, 0.05) is 11.8 Å². The minimum absolute atomic E-state index is 0.172. The van der Waals surface area contributed by atoms with Gasteiger partial charge in [-0.1, -0.05) is 0 Å². The number of hydrogen-bond donors (Lipinski definition) is 2. The lowest BCUT2D eigenvalue weighted by Gasteiger charge is -2.57. The summed E-state index contributed by atoms with van der Waals surface area (Å²) in [6, 6.07) is 0. The standard InChI is InChI=1S/C11H14O5/c12-7-3-1-5-6-2-4-8(13)11(6)10(5,7)15-9(14)16-11/h5-8,12-13H,1-4H2/t5-,6+,7-,8+,10-,11+. The van der Waals surface area contributed by atoms with Crippen molar-refractivity contribution in [2.45, 2.75) is 49.1 Å². The van der Waals surface area contributed by atoms with E-state index in [1.807, 2.05) is 0 Å². The van der Waals surface area contributed by atoms with Crippen LogP contribution in [0.5, 0.6) is 0 Å². The van der Waals surface area contributed by atoms with Crippen LogP contribution in [0.1, 0.15) is 25.7 Å². The molecule has 2 N–H and O–H groups in total. The normalized spacial score (nSPS) is 61.8. The van der Waals surface area contributed by atoms with Crippen molar-refractivity contribution < 1.29 is 24.5 Å². The molecule has 1 saturated heterocycles. The highest BCUT2D eigenvalue weighted by Gasteiger charge is 2.88. The summed E-state index contributed by atoms with van der Waals surface area (Å²) in [5.74, 6) is 0.345. The van der Waals surface area contributed by atoms with E-state index in [1.165, 1.54) is 0 Å². The van der Waals surface area contributed by atoms with Crippen LogP contribution in [-0.2, 0) is 9.47 Å². The molecule has 0 radical (unpaired) electrons. The molecule has 2 spiro atoms. The zero-order valence-corrected chi connectivity index (χ0v) is 8.76. The van der Waals surface area contributed by atoms with Crippen molar-refractivity contribution in [3.8, 4) is 0 Å². The number of ether oxygens (including phenoxy) is 2. The number of aliphatic hydroxyl groups excluding tert-OH is 2. The Morgan fingerprint density at radius 3 is 1.81 bits per heavy atom. The summed E-state index contributed by atoms with van der Waals surface area (Å²) in [5.41, 5.74) is -1.88. The molecule has 4 aliphatic rings. The van der Waals surface area contributed by atoms with Gasteiger partial charge in [-0.25, -0.2) is 4.79 Å². The van der Waals surface area contributed by atoms with Crippen LogP contribution in [0.4, 0.5) is 4.79 Å². The molecule has 0 bridgehead atoms. The molecule has 5 heteroatoms. The Kier molecular flexibility index (Phi) is 1.38. The zero-order valence-electron chi connectivity index (χ0n) is 8.76. The smallest absolute Gasteiger partial charge is 0.420 e. The third-order valence-corrected chi connectivity index (χ3v) is 5.19. The maximum Gasteiger partial charge on any atom is 0.509 e. The Hall–Kier alpha value is -0.810. The summed E-state index contributed by atoms with van der Waals surface area (Å²) in [6.07, 6.45) is 0.877. The maximum atomic E-state index is 11.4. The number of aliphatic hydroxyl groups is 2. The molecule has 0 aromatic carbocycles. The van der Waals surface area contributed by atoms with Gasteiger partial charge in [-0.2, -0.15) is 0 Å². The summed E-state index contributed by atoms with van der Waals surface area (Å²) in [5, 5.41) is 20.2. The van der Waals surface area contributed by atoms with E-state index in [1.54, 1.807) is 0 Å². The molecule has 88 valence electrons. The van der Waals surface area contributed by atoms with Gasteiger partial charge < -0.3 is 19.7 Å². The number of carbonyl (C=O) groups excluding carboxylic acids is 1. The van der Waals surface area contributed by atoms with Crippen molar-refractivity contribution >= 4 is 6.16 Å². The van der Waals surface area contributed by atoms with E-state index in [2.05, 4.69) is 0 Å². The molecule has 5 nitrogen and oxygen atoms in total. The summed E-state index contributed by atoms with van der Waals surface area (Å²) >= 11 is 0. The Morgan fingerprint density at radius 2 is 1.38 bits per heavy atom. The van der Waals surface area contributed by atoms with Gasteiger partial charge in [0.05, 0.1) is 12.2 Å². The molecule has 0 unspecified atom stereocenters. The predicted molar refractivity (Wildman–Crippen MR) is 50.5 cm³/mol. The van der Waals surface area contributed by atoms with Crippen LogP contribution in [0.25, 0.3) is 0 Å². The fourth-order valence-electron chi connectivity index (χ4n) is 4.77. The Bertz CT molecular complexity index is 349. The highest BCUT2D eigenvalue weighted by atomic mass is 16.8. The quantitative estimate of drug-likeness (QED) is 0.576. The van der Waals surface area contributed by atoms with Crippen LogP contribution in [0.3, 0.4) is 0 Å². The van der Waals surface area contributed by atoms with E-state index in [0.29, 0.717) is 12.8 Å². The molecule has 16 heavy (non-hydrogen) atoms. The second-order valence-electron chi connectivity index (χ2n) is 5.44. The molecule has 1 heterocycles. The average Bonchev–Trinajstić information content (AvgIpc) is 2.76. The lowest BCUT2D eigenvalue weighted by molar-refractivity contribution is -0.263. The fourth-order valence-corrected chi connectivity index (χ4v) is 4.77. The van der Waals surface area contributed by atoms with Gasteiger partial charge in [0.15, 0.2) is 11.2 Å². The molecular formula is C11H14O5. The van der Waals surface area contributed by atoms with E-state index in [9.17, 15) is 15.0 Å². The van der Waals surface area contributed by atoms with Crippen LogP contribution < -0.4 is 0 Å². The van der Waals surface area contributed by atoms with Crippen LogP contribution in [0.2, 0.25) is 0 Å². The molecule has 4 rings (SSSR count). The minimum atomic E-state index is -0.940. The average molecular weight is 226 g/mol. The minimum Gasteiger partial charge on any atom is -0.420 e. The summed E-state index contributed by atoms with van der Waals surface area (Å²) in [7, 11) is 0. The maximum absolute atomic E-state index is 11.4. The molecule has 1 aliphatic heterocycles. The molecule has 0 aromatic heterocycles. The summed E-state index contributed by atoms with van der Waals surface area (Å²) < 4.78 is 10.6. The fraction of sp³-hybridized carbons (Fsp3) is 0.909. The first-order chi connectivity index (χ1) is 7.63. The third-order valence-electron chi connectivity index (χ3n) is 5.19. The first-order valence-electron chi connectivity index (χ1n) is 5.91. The molecular weight excluding hydrogens is 212 g/mol. The number of hydrogen-bond acceptors (Lipinski definition) is 5. The lowest BCUT2D eigenvalue weighted by Crippen LogP contribution is -2.76. The van der Waals surface area contributed by atoms with Gasteiger partial charge in [-0.05, 0) is 25.7 Å². The Morgan fingerprint density at radius 1 is 0.938 bits per heavy atom. The summed E-state index contributed by atoms with van der Waals surface area (Å²) in [4.78, 5) is 11.4. The molecule has 6 atom stereocenters. The molecule has 3 saturated carbocycles. The SMILES string of the molecule is O=C1O[C@]23[C@@H](O)CC[C@H]2[C@H]2CC[C@@H](O)[C@]23O1. The summed E-state index contributed by atoms with van der Waals surface area (Å²) in [6.45, 7) is 0. The van der Waals surface area contributed by atoms with E-state index in [0.717, 1.165) is 12.8 Å². The lowest BCUT2D eigenvalue weighted by atomic mass is 9.52. The highest BCUT2D eigenvalue weighted by molar-refractivity contribution is 5.67. The Labute approximate surface area is 92.3 Å². The van der Waals surface area contributed by atoms with E-state index in [4.69, 9.17) is 9.47 Å². The van der Waals surface area contributed by atoms with Crippen molar-refractivity contribution in [3.63, 3.8) is 0 Å². The van der Waals surface area contributed by atoms with Crippen LogP contribution in [-0.4, -0.2) is 39.8 Å². The van der Waals surface area contributed by atoms with Gasteiger partial charge >= 0.3 is 6.16 Å². The van der Waals surface area contributed by atoms with Crippen molar-refractivity contribution in [1.82, 2.24) is 0 Å². The van der Waals surface area contributed by atoms with Crippen LogP contribution >= 0.6 is 0 Å². The monoisotopic (exact) mass is 226 g/mol. The predicted octanol–water partition coefficient (Wildman–Crippen LogP) is 0.186. The number of carbonyl (C=O) groups is 1. The molecule has 0 amide bonds. The number of fused-ring (bicyclic) bond motifs is 1. The van der Waals surface area contributed by atoms with Gasteiger partial charge in [-0.3, -0.25) is 0 Å². The van der Waals surface area contributed by atoms with E-state index in [-0.39, 0.29) is 11.8 Å². The number of rotatable bonds is 0. The molecule has 3 aliphatic carbocycles. The van der Waals surface area contributed by atoms with Crippen LogP contribution in [0, 0.1) is 11.8 Å². The van der Waals surface area contributed by atoms with Gasteiger partial charge in [0.25, 0.3) is 0 Å². The van der Waals surface area contributed by atoms with Gasteiger partial charge in [0.2, 0.25) is 0 Å². The largest absolute Gasteiger partial charge is 0.509 e. The highest BCUT2D eigenvalue weighted by Crippen LogP contribution is 2.72. The van der Waals surface area contributed by atoms with Crippen molar-refractivity contribution in [1.29, 1.82) is 0 Å². The second-order valence-corrected chi connectivity index (χ2v) is 5.44. The molecule has 0 aromatic rings. The topological polar surface area (TPSA) is 76.0 Å². The van der Waals surface area contributed by atoms with Crippen molar-refractivity contribution in [2.75, 3.05) is 0 Å². The van der Waals surface area contributed by atoms with Crippen LogP contribution in [0.15, 0.2) is 0 Å². The Balaban J connectivity index is 1.89. The third kappa shape index (κ3) is 0.621. The zero-order chi connectivity index (χ0) is 11.1. The molecule has 4 fully saturated rings.